The summed E-state index contributed by atoms with van der Waals surface area (Å²) < 4.78 is 6.36. The number of ether oxygens (including phenoxy) is 1. The molecule has 0 aliphatic carbocycles. The molecule has 0 bridgehead atoms. The van der Waals surface area contributed by atoms with Gasteiger partial charge in [-0.05, 0) is 71.6 Å². The number of nitrogens with zero attached hydrogens (tertiary/aromatic N) is 1. The van der Waals surface area contributed by atoms with Crippen LogP contribution in [0, 0.1) is 6.92 Å². The SMILES string of the molecule is Cc1ccc(OCC(=O)Nc2cccc(C(=O)N3CCCC3)c2)c(Br)c1. The number of hydrogen-bond acceptors (Lipinski definition) is 3. The number of carbonyl (C=O) groups excluding carboxylic acids is 2. The molecule has 0 aromatic heterocycles. The summed E-state index contributed by atoms with van der Waals surface area (Å²) in [5.74, 6) is 0.352. The number of aryl methyl sites for hydroxylation is 1. The van der Waals surface area contributed by atoms with Gasteiger partial charge in [0.25, 0.3) is 11.8 Å². The summed E-state index contributed by atoms with van der Waals surface area (Å²) in [7, 11) is 0. The number of amides is 2. The molecule has 1 aliphatic rings. The molecule has 0 unspecified atom stereocenters. The van der Waals surface area contributed by atoms with E-state index >= 15 is 0 Å². The molecule has 6 heteroatoms. The molecule has 0 atom stereocenters. The molecule has 1 fully saturated rings. The Morgan fingerprint density at radius 1 is 1.15 bits per heavy atom. The van der Waals surface area contributed by atoms with Crippen molar-refractivity contribution in [2.75, 3.05) is 25.0 Å². The Morgan fingerprint density at radius 3 is 2.65 bits per heavy atom. The van der Waals surface area contributed by atoms with Gasteiger partial charge >= 0.3 is 0 Å². The summed E-state index contributed by atoms with van der Waals surface area (Å²) in [5.41, 5.74) is 2.28. The lowest BCUT2D eigenvalue weighted by Gasteiger charge is -2.16. The minimum atomic E-state index is -0.275. The number of benzene rings is 2. The van der Waals surface area contributed by atoms with Crippen molar-refractivity contribution in [3.05, 3.63) is 58.1 Å². The molecule has 0 saturated carbocycles. The van der Waals surface area contributed by atoms with Crippen LogP contribution in [0.25, 0.3) is 0 Å². The Labute approximate surface area is 161 Å². The fraction of sp³-hybridized carbons (Fsp3) is 0.300. The molecular formula is C20H21BrN2O3. The Morgan fingerprint density at radius 2 is 1.92 bits per heavy atom. The Bertz CT molecular complexity index is 816. The predicted molar refractivity (Wildman–Crippen MR) is 105 cm³/mol. The summed E-state index contributed by atoms with van der Waals surface area (Å²) in [6.07, 6.45) is 2.10. The van der Waals surface area contributed by atoms with Gasteiger partial charge in [-0.15, -0.1) is 0 Å². The largest absolute Gasteiger partial charge is 0.483 e. The summed E-state index contributed by atoms with van der Waals surface area (Å²) in [6, 6.07) is 12.7. The van der Waals surface area contributed by atoms with Crippen LogP contribution >= 0.6 is 15.9 Å². The number of nitrogens with one attached hydrogen (secondary N) is 1. The smallest absolute Gasteiger partial charge is 0.262 e. The van der Waals surface area contributed by atoms with Crippen molar-refractivity contribution in [1.29, 1.82) is 0 Å². The number of likely N-dealkylation sites (tertiary alicyclic amines) is 1. The molecule has 1 heterocycles. The van der Waals surface area contributed by atoms with Crippen LogP contribution in [-0.2, 0) is 4.79 Å². The monoisotopic (exact) mass is 416 g/mol. The van der Waals surface area contributed by atoms with Gasteiger partial charge in [0, 0.05) is 24.3 Å². The fourth-order valence-electron chi connectivity index (χ4n) is 2.90. The molecule has 2 aromatic rings. The maximum atomic E-state index is 12.4. The van der Waals surface area contributed by atoms with Gasteiger partial charge < -0.3 is 15.0 Å². The zero-order chi connectivity index (χ0) is 18.5. The van der Waals surface area contributed by atoms with E-state index in [2.05, 4.69) is 21.2 Å². The van der Waals surface area contributed by atoms with Crippen molar-refractivity contribution in [2.45, 2.75) is 19.8 Å². The number of anilines is 1. The van der Waals surface area contributed by atoms with E-state index in [1.54, 1.807) is 24.3 Å². The van der Waals surface area contributed by atoms with Crippen LogP contribution in [-0.4, -0.2) is 36.4 Å². The average Bonchev–Trinajstić information content (AvgIpc) is 3.15. The van der Waals surface area contributed by atoms with E-state index in [-0.39, 0.29) is 18.4 Å². The molecule has 1 saturated heterocycles. The number of halogens is 1. The molecule has 0 radical (unpaired) electrons. The molecule has 3 rings (SSSR count). The van der Waals surface area contributed by atoms with E-state index in [0.717, 1.165) is 36.0 Å². The Balaban J connectivity index is 1.58. The number of carbonyl (C=O) groups is 2. The van der Waals surface area contributed by atoms with Crippen LogP contribution in [0.15, 0.2) is 46.9 Å². The normalized spacial score (nSPS) is 13.5. The van der Waals surface area contributed by atoms with Gasteiger partial charge in [-0.1, -0.05) is 12.1 Å². The maximum absolute atomic E-state index is 12.4. The maximum Gasteiger partial charge on any atom is 0.262 e. The molecule has 26 heavy (non-hydrogen) atoms. The van der Waals surface area contributed by atoms with Crippen molar-refractivity contribution in [2.24, 2.45) is 0 Å². The lowest BCUT2D eigenvalue weighted by atomic mass is 10.1. The molecule has 2 amide bonds. The van der Waals surface area contributed by atoms with Gasteiger partial charge in [-0.25, -0.2) is 0 Å². The second-order valence-electron chi connectivity index (χ2n) is 6.35. The lowest BCUT2D eigenvalue weighted by molar-refractivity contribution is -0.118. The highest BCUT2D eigenvalue weighted by molar-refractivity contribution is 9.10. The van der Waals surface area contributed by atoms with Gasteiger partial charge in [-0.3, -0.25) is 9.59 Å². The highest BCUT2D eigenvalue weighted by atomic mass is 79.9. The topological polar surface area (TPSA) is 58.6 Å². The first kappa shape index (κ1) is 18.5. The quantitative estimate of drug-likeness (QED) is 0.800. The van der Waals surface area contributed by atoms with Gasteiger partial charge in [0.1, 0.15) is 5.75 Å². The third kappa shape index (κ3) is 4.64. The van der Waals surface area contributed by atoms with Crippen molar-refractivity contribution in [1.82, 2.24) is 4.90 Å². The molecule has 0 spiro atoms. The first-order valence-electron chi connectivity index (χ1n) is 8.61. The van der Waals surface area contributed by atoms with Gasteiger partial charge in [0.2, 0.25) is 0 Å². The molecule has 1 N–H and O–H groups in total. The van der Waals surface area contributed by atoms with Crippen LogP contribution in [0.5, 0.6) is 5.75 Å². The standard InChI is InChI=1S/C20H21BrN2O3/c1-14-7-8-18(17(21)11-14)26-13-19(24)22-16-6-4-5-15(12-16)20(25)23-9-2-3-10-23/h4-8,11-12H,2-3,9-10,13H2,1H3,(H,22,24). The summed E-state index contributed by atoms with van der Waals surface area (Å²) in [6.45, 7) is 3.48. The first-order chi connectivity index (χ1) is 12.5. The third-order valence-corrected chi connectivity index (χ3v) is 4.85. The van der Waals surface area contributed by atoms with Crippen LogP contribution < -0.4 is 10.1 Å². The molecule has 1 aliphatic heterocycles. The lowest BCUT2D eigenvalue weighted by Crippen LogP contribution is -2.27. The average molecular weight is 417 g/mol. The minimum Gasteiger partial charge on any atom is -0.483 e. The zero-order valence-corrected chi connectivity index (χ0v) is 16.2. The number of rotatable bonds is 5. The second kappa shape index (κ2) is 8.36. The van der Waals surface area contributed by atoms with E-state index < -0.39 is 0 Å². The molecular weight excluding hydrogens is 396 g/mol. The summed E-state index contributed by atoms with van der Waals surface area (Å²) in [4.78, 5) is 26.4. The van der Waals surface area contributed by atoms with Crippen LogP contribution in [0.4, 0.5) is 5.69 Å². The minimum absolute atomic E-state index is 0.0124. The van der Waals surface area contributed by atoms with Gasteiger partial charge in [-0.2, -0.15) is 0 Å². The fourth-order valence-corrected chi connectivity index (χ4v) is 3.50. The van der Waals surface area contributed by atoms with Crippen molar-refractivity contribution >= 4 is 33.4 Å². The van der Waals surface area contributed by atoms with Crippen LogP contribution in [0.1, 0.15) is 28.8 Å². The van der Waals surface area contributed by atoms with E-state index in [0.29, 0.717) is 17.0 Å². The summed E-state index contributed by atoms with van der Waals surface area (Å²) in [5, 5.41) is 2.78. The van der Waals surface area contributed by atoms with Crippen LogP contribution in [0.2, 0.25) is 0 Å². The Kier molecular flexibility index (Phi) is 5.93. The van der Waals surface area contributed by atoms with Crippen molar-refractivity contribution in [3.8, 4) is 5.75 Å². The highest BCUT2D eigenvalue weighted by Gasteiger charge is 2.19. The van der Waals surface area contributed by atoms with E-state index in [1.165, 1.54) is 0 Å². The highest BCUT2D eigenvalue weighted by Crippen LogP contribution is 2.25. The predicted octanol–water partition coefficient (Wildman–Crippen LogP) is 4.01. The van der Waals surface area contributed by atoms with Crippen molar-refractivity contribution in [3.63, 3.8) is 0 Å². The van der Waals surface area contributed by atoms with Gasteiger partial charge in [0.15, 0.2) is 6.61 Å². The first-order valence-corrected chi connectivity index (χ1v) is 9.40. The van der Waals surface area contributed by atoms with E-state index in [1.807, 2.05) is 30.0 Å². The summed E-state index contributed by atoms with van der Waals surface area (Å²) >= 11 is 3.42. The second-order valence-corrected chi connectivity index (χ2v) is 7.21. The Hall–Kier alpha value is -2.34. The van der Waals surface area contributed by atoms with E-state index in [4.69, 9.17) is 4.74 Å². The van der Waals surface area contributed by atoms with Gasteiger partial charge in [0.05, 0.1) is 4.47 Å². The molecule has 5 nitrogen and oxygen atoms in total. The zero-order valence-electron chi connectivity index (χ0n) is 14.6. The number of hydrogen-bond donors (Lipinski definition) is 1. The van der Waals surface area contributed by atoms with E-state index in [9.17, 15) is 9.59 Å². The third-order valence-electron chi connectivity index (χ3n) is 4.23. The molecule has 2 aromatic carbocycles. The van der Waals surface area contributed by atoms with Crippen molar-refractivity contribution < 1.29 is 14.3 Å². The van der Waals surface area contributed by atoms with Crippen LogP contribution in [0.3, 0.4) is 0 Å². The molecule has 136 valence electrons.